The lowest BCUT2D eigenvalue weighted by molar-refractivity contribution is -0.133. The van der Waals surface area contributed by atoms with Gasteiger partial charge in [0.1, 0.15) is 6.04 Å². The highest BCUT2D eigenvalue weighted by Gasteiger charge is 2.21. The molecular weight excluding hydrogens is 240 g/mol. The first-order chi connectivity index (χ1) is 9.10. The number of benzene rings is 1. The van der Waals surface area contributed by atoms with Crippen LogP contribution in [0.1, 0.15) is 36.9 Å². The van der Waals surface area contributed by atoms with Gasteiger partial charge >= 0.3 is 0 Å². The van der Waals surface area contributed by atoms with Gasteiger partial charge in [0.15, 0.2) is 0 Å². The van der Waals surface area contributed by atoms with E-state index in [2.05, 4.69) is 6.92 Å². The van der Waals surface area contributed by atoms with E-state index in [0.717, 1.165) is 24.0 Å². The van der Waals surface area contributed by atoms with Crippen LogP contribution in [0.4, 0.5) is 0 Å². The molecule has 1 atom stereocenters. The molecule has 0 aliphatic carbocycles. The maximum Gasteiger partial charge on any atom is 0.244 e. The fourth-order valence-electron chi connectivity index (χ4n) is 1.91. The van der Waals surface area contributed by atoms with Gasteiger partial charge in [-0.2, -0.15) is 0 Å². The number of aryl methyl sites for hydroxylation is 1. The van der Waals surface area contributed by atoms with Crippen molar-refractivity contribution in [3.8, 4) is 0 Å². The normalized spacial score (nSPS) is 12.2. The Hall–Kier alpha value is -1.39. The molecule has 4 heteroatoms. The van der Waals surface area contributed by atoms with Crippen LogP contribution in [-0.4, -0.2) is 35.6 Å². The Morgan fingerprint density at radius 1 is 1.32 bits per heavy atom. The van der Waals surface area contributed by atoms with Crippen LogP contribution >= 0.6 is 0 Å². The molecule has 0 saturated carbocycles. The van der Waals surface area contributed by atoms with Crippen LogP contribution < -0.4 is 5.73 Å². The second kappa shape index (κ2) is 7.92. The number of unbranched alkanes of at least 4 members (excludes halogenated alkanes) is 1. The van der Waals surface area contributed by atoms with Gasteiger partial charge in [0.25, 0.3) is 0 Å². The third kappa shape index (κ3) is 4.65. The van der Waals surface area contributed by atoms with E-state index in [4.69, 9.17) is 10.8 Å². The number of hydrogen-bond acceptors (Lipinski definition) is 3. The molecule has 0 fully saturated rings. The van der Waals surface area contributed by atoms with Gasteiger partial charge in [0, 0.05) is 13.1 Å². The molecule has 1 aromatic carbocycles. The van der Waals surface area contributed by atoms with E-state index in [0.29, 0.717) is 13.1 Å². The van der Waals surface area contributed by atoms with Crippen LogP contribution in [0, 0.1) is 6.92 Å². The van der Waals surface area contributed by atoms with Crippen molar-refractivity contribution >= 4 is 5.91 Å². The largest absolute Gasteiger partial charge is 0.395 e. The molecule has 1 amide bonds. The van der Waals surface area contributed by atoms with E-state index in [1.807, 2.05) is 31.2 Å². The topological polar surface area (TPSA) is 66.6 Å². The van der Waals surface area contributed by atoms with E-state index in [1.165, 1.54) is 0 Å². The van der Waals surface area contributed by atoms with E-state index in [-0.39, 0.29) is 12.5 Å². The molecule has 0 bridgehead atoms. The van der Waals surface area contributed by atoms with Crippen LogP contribution in [-0.2, 0) is 4.79 Å². The van der Waals surface area contributed by atoms with Gasteiger partial charge in [-0.05, 0) is 18.9 Å². The van der Waals surface area contributed by atoms with E-state index in [1.54, 1.807) is 4.90 Å². The Balaban J connectivity index is 2.74. The molecule has 0 spiro atoms. The van der Waals surface area contributed by atoms with Crippen LogP contribution in [0.25, 0.3) is 0 Å². The molecule has 0 aromatic heterocycles. The lowest BCUT2D eigenvalue weighted by atomic mass is 10.0. The Kier molecular flexibility index (Phi) is 6.53. The molecule has 0 aliphatic rings. The van der Waals surface area contributed by atoms with Gasteiger partial charge in [0.05, 0.1) is 6.61 Å². The number of carbonyl (C=O) groups excluding carboxylic acids is 1. The SMILES string of the molecule is CCCCN(CCO)C(=O)C(N)c1ccc(C)cc1. The third-order valence-corrected chi connectivity index (χ3v) is 3.17. The lowest BCUT2D eigenvalue weighted by Gasteiger charge is -2.25. The van der Waals surface area contributed by atoms with Gasteiger partial charge in [0.2, 0.25) is 5.91 Å². The van der Waals surface area contributed by atoms with E-state index >= 15 is 0 Å². The third-order valence-electron chi connectivity index (χ3n) is 3.17. The van der Waals surface area contributed by atoms with Gasteiger partial charge < -0.3 is 15.7 Å². The van der Waals surface area contributed by atoms with E-state index in [9.17, 15) is 4.79 Å². The minimum Gasteiger partial charge on any atom is -0.395 e. The van der Waals surface area contributed by atoms with Gasteiger partial charge in [-0.1, -0.05) is 43.2 Å². The van der Waals surface area contributed by atoms with Crippen molar-refractivity contribution in [1.82, 2.24) is 4.90 Å². The van der Waals surface area contributed by atoms with E-state index < -0.39 is 6.04 Å². The Bertz CT molecular complexity index is 390. The average molecular weight is 264 g/mol. The maximum atomic E-state index is 12.3. The fourth-order valence-corrected chi connectivity index (χ4v) is 1.91. The molecule has 0 radical (unpaired) electrons. The summed E-state index contributed by atoms with van der Waals surface area (Å²) < 4.78 is 0. The van der Waals surface area contributed by atoms with Gasteiger partial charge in [-0.3, -0.25) is 4.79 Å². The molecule has 1 unspecified atom stereocenters. The zero-order chi connectivity index (χ0) is 14.3. The number of nitrogens with zero attached hydrogens (tertiary/aromatic N) is 1. The quantitative estimate of drug-likeness (QED) is 0.786. The highest BCUT2D eigenvalue weighted by molar-refractivity contribution is 5.83. The molecule has 0 heterocycles. The average Bonchev–Trinajstić information content (AvgIpc) is 2.42. The first kappa shape index (κ1) is 15.7. The van der Waals surface area contributed by atoms with Crippen LogP contribution in [0.5, 0.6) is 0 Å². The van der Waals surface area contributed by atoms with Crippen LogP contribution in [0.3, 0.4) is 0 Å². The maximum absolute atomic E-state index is 12.3. The smallest absolute Gasteiger partial charge is 0.244 e. The summed E-state index contributed by atoms with van der Waals surface area (Å²) in [5, 5.41) is 9.04. The predicted octanol–water partition coefficient (Wildman–Crippen LogP) is 1.62. The van der Waals surface area contributed by atoms with Crippen molar-refractivity contribution in [2.75, 3.05) is 19.7 Å². The number of carbonyl (C=O) groups is 1. The van der Waals surface area contributed by atoms with Crippen molar-refractivity contribution in [3.63, 3.8) is 0 Å². The highest BCUT2D eigenvalue weighted by atomic mass is 16.3. The highest BCUT2D eigenvalue weighted by Crippen LogP contribution is 2.14. The van der Waals surface area contributed by atoms with Gasteiger partial charge in [-0.15, -0.1) is 0 Å². The minimum atomic E-state index is -0.649. The number of nitrogens with two attached hydrogens (primary N) is 1. The molecule has 19 heavy (non-hydrogen) atoms. The lowest BCUT2D eigenvalue weighted by Crippen LogP contribution is -2.40. The molecule has 1 aromatic rings. The molecular formula is C15H24N2O2. The Morgan fingerprint density at radius 2 is 1.95 bits per heavy atom. The fraction of sp³-hybridized carbons (Fsp3) is 0.533. The summed E-state index contributed by atoms with van der Waals surface area (Å²) in [6.45, 7) is 5.03. The number of rotatable bonds is 7. The van der Waals surface area contributed by atoms with Crippen molar-refractivity contribution in [2.45, 2.75) is 32.7 Å². The standard InChI is InChI=1S/C15H24N2O2/c1-3-4-9-17(10-11-18)15(19)14(16)13-7-5-12(2)6-8-13/h5-8,14,18H,3-4,9-11,16H2,1-2H3. The van der Waals surface area contributed by atoms with Crippen LogP contribution in [0.15, 0.2) is 24.3 Å². The van der Waals surface area contributed by atoms with Crippen molar-refractivity contribution in [1.29, 1.82) is 0 Å². The second-order valence-corrected chi connectivity index (χ2v) is 4.79. The summed E-state index contributed by atoms with van der Waals surface area (Å²) in [7, 11) is 0. The summed E-state index contributed by atoms with van der Waals surface area (Å²) in [5.74, 6) is -0.119. The molecule has 0 aliphatic heterocycles. The van der Waals surface area contributed by atoms with Crippen molar-refractivity contribution < 1.29 is 9.90 Å². The number of amides is 1. The van der Waals surface area contributed by atoms with Crippen molar-refractivity contribution in [3.05, 3.63) is 35.4 Å². The Labute approximate surface area is 115 Å². The first-order valence-electron chi connectivity index (χ1n) is 6.82. The Morgan fingerprint density at radius 3 is 2.47 bits per heavy atom. The summed E-state index contributed by atoms with van der Waals surface area (Å²) in [4.78, 5) is 14.0. The van der Waals surface area contributed by atoms with Gasteiger partial charge in [-0.25, -0.2) is 0 Å². The summed E-state index contributed by atoms with van der Waals surface area (Å²) >= 11 is 0. The summed E-state index contributed by atoms with van der Waals surface area (Å²) in [6.07, 6.45) is 1.93. The predicted molar refractivity (Wildman–Crippen MR) is 76.7 cm³/mol. The molecule has 3 N–H and O–H groups in total. The number of hydrogen-bond donors (Lipinski definition) is 2. The second-order valence-electron chi connectivity index (χ2n) is 4.79. The first-order valence-corrected chi connectivity index (χ1v) is 6.82. The minimum absolute atomic E-state index is 0.0317. The number of aliphatic hydroxyl groups is 1. The molecule has 0 saturated heterocycles. The monoisotopic (exact) mass is 264 g/mol. The van der Waals surface area contributed by atoms with Crippen molar-refractivity contribution in [2.24, 2.45) is 5.73 Å². The molecule has 4 nitrogen and oxygen atoms in total. The summed E-state index contributed by atoms with van der Waals surface area (Å²) in [6, 6.07) is 7.02. The summed E-state index contributed by atoms with van der Waals surface area (Å²) in [5.41, 5.74) is 7.97. The molecule has 1 rings (SSSR count). The van der Waals surface area contributed by atoms with Crippen LogP contribution in [0.2, 0.25) is 0 Å². The zero-order valence-corrected chi connectivity index (χ0v) is 11.8. The number of aliphatic hydroxyl groups excluding tert-OH is 1. The molecule has 106 valence electrons. The zero-order valence-electron chi connectivity index (χ0n) is 11.8.